The lowest BCUT2D eigenvalue weighted by Gasteiger charge is -2.25. The van der Waals surface area contributed by atoms with Crippen LogP contribution in [0.5, 0.6) is 5.75 Å². The Morgan fingerprint density at radius 1 is 1.19 bits per heavy atom. The molecule has 2 N–H and O–H groups in total. The zero-order valence-corrected chi connectivity index (χ0v) is 13.1. The van der Waals surface area contributed by atoms with Gasteiger partial charge in [0.2, 0.25) is 0 Å². The molecule has 1 rings (SSSR count). The molecular formula is C16H24F3NO. The minimum absolute atomic E-state index is 0.0813. The average molecular weight is 303 g/mol. The first kappa shape index (κ1) is 17.8. The predicted molar refractivity (Wildman–Crippen MR) is 78.6 cm³/mol. The topological polar surface area (TPSA) is 35.2 Å². The van der Waals surface area contributed by atoms with Gasteiger partial charge in [-0.05, 0) is 29.0 Å². The van der Waals surface area contributed by atoms with Crippen LogP contribution >= 0.6 is 0 Å². The number of hydrogen-bond acceptors (Lipinski definition) is 2. The SMILES string of the molecule is CCc1c(OCC(CN)C(F)(F)F)cccc1C(C)(C)C. The molecule has 0 saturated heterocycles. The molecule has 0 radical (unpaired) electrons. The van der Waals surface area contributed by atoms with Crippen molar-refractivity contribution in [2.45, 2.75) is 45.7 Å². The molecule has 0 spiro atoms. The number of ether oxygens (including phenoxy) is 1. The van der Waals surface area contributed by atoms with Crippen molar-refractivity contribution in [3.63, 3.8) is 0 Å². The smallest absolute Gasteiger partial charge is 0.396 e. The Morgan fingerprint density at radius 3 is 2.24 bits per heavy atom. The normalized spacial score (nSPS) is 14.1. The highest BCUT2D eigenvalue weighted by molar-refractivity contribution is 5.43. The van der Waals surface area contributed by atoms with E-state index in [1.54, 1.807) is 6.07 Å². The second kappa shape index (κ2) is 6.69. The van der Waals surface area contributed by atoms with E-state index in [-0.39, 0.29) is 5.41 Å². The zero-order valence-electron chi connectivity index (χ0n) is 13.1. The minimum Gasteiger partial charge on any atom is -0.493 e. The van der Waals surface area contributed by atoms with Gasteiger partial charge in [0.15, 0.2) is 0 Å². The van der Waals surface area contributed by atoms with Gasteiger partial charge in [0.05, 0.1) is 0 Å². The van der Waals surface area contributed by atoms with Crippen molar-refractivity contribution < 1.29 is 17.9 Å². The number of benzene rings is 1. The van der Waals surface area contributed by atoms with Crippen molar-refractivity contribution in [3.05, 3.63) is 29.3 Å². The minimum atomic E-state index is -4.33. The third-order valence-corrected chi connectivity index (χ3v) is 3.48. The van der Waals surface area contributed by atoms with Crippen molar-refractivity contribution >= 4 is 0 Å². The van der Waals surface area contributed by atoms with Crippen LogP contribution in [0.25, 0.3) is 0 Å². The molecule has 0 bridgehead atoms. The van der Waals surface area contributed by atoms with Gasteiger partial charge in [-0.25, -0.2) is 0 Å². The van der Waals surface area contributed by atoms with Gasteiger partial charge in [0.1, 0.15) is 18.3 Å². The molecule has 2 nitrogen and oxygen atoms in total. The molecule has 120 valence electrons. The summed E-state index contributed by atoms with van der Waals surface area (Å²) in [7, 11) is 0. The van der Waals surface area contributed by atoms with Gasteiger partial charge in [-0.1, -0.05) is 39.8 Å². The van der Waals surface area contributed by atoms with Crippen LogP contribution in [-0.2, 0) is 11.8 Å². The first-order chi connectivity index (χ1) is 9.61. The Bertz CT molecular complexity index is 464. The van der Waals surface area contributed by atoms with E-state index in [2.05, 4.69) is 20.8 Å². The van der Waals surface area contributed by atoms with Gasteiger partial charge < -0.3 is 10.5 Å². The predicted octanol–water partition coefficient (Wildman–Crippen LogP) is 4.06. The Hall–Kier alpha value is -1.23. The molecule has 1 unspecified atom stereocenters. The Labute approximate surface area is 124 Å². The first-order valence-electron chi connectivity index (χ1n) is 7.13. The average Bonchev–Trinajstić information content (AvgIpc) is 2.36. The Morgan fingerprint density at radius 2 is 1.81 bits per heavy atom. The Kier molecular flexibility index (Phi) is 5.68. The fourth-order valence-corrected chi connectivity index (χ4v) is 2.25. The van der Waals surface area contributed by atoms with Gasteiger partial charge in [-0.15, -0.1) is 0 Å². The van der Waals surface area contributed by atoms with Gasteiger partial charge in [-0.2, -0.15) is 13.2 Å². The van der Waals surface area contributed by atoms with Crippen LogP contribution in [0.15, 0.2) is 18.2 Å². The van der Waals surface area contributed by atoms with Crippen LogP contribution in [0, 0.1) is 5.92 Å². The van der Waals surface area contributed by atoms with Crippen LogP contribution in [0.4, 0.5) is 13.2 Å². The lowest BCUT2D eigenvalue weighted by molar-refractivity contribution is -0.178. The molecule has 1 aromatic carbocycles. The largest absolute Gasteiger partial charge is 0.493 e. The molecule has 0 aliphatic carbocycles. The molecule has 0 aliphatic rings. The molecule has 0 amide bonds. The van der Waals surface area contributed by atoms with E-state index >= 15 is 0 Å². The zero-order chi connectivity index (χ0) is 16.3. The van der Waals surface area contributed by atoms with Crippen LogP contribution in [0.1, 0.15) is 38.8 Å². The van der Waals surface area contributed by atoms with Gasteiger partial charge >= 0.3 is 6.18 Å². The summed E-state index contributed by atoms with van der Waals surface area (Å²) in [6.45, 7) is 7.28. The summed E-state index contributed by atoms with van der Waals surface area (Å²) >= 11 is 0. The quantitative estimate of drug-likeness (QED) is 0.890. The fraction of sp³-hybridized carbons (Fsp3) is 0.625. The summed E-state index contributed by atoms with van der Waals surface area (Å²) in [5.74, 6) is -1.12. The number of nitrogens with two attached hydrogens (primary N) is 1. The maximum atomic E-state index is 12.7. The van der Waals surface area contributed by atoms with Gasteiger partial charge in [0, 0.05) is 6.54 Å². The van der Waals surface area contributed by atoms with Crippen LogP contribution in [0.2, 0.25) is 0 Å². The van der Waals surface area contributed by atoms with E-state index in [1.165, 1.54) is 0 Å². The molecule has 0 heterocycles. The number of alkyl halides is 3. The first-order valence-corrected chi connectivity index (χ1v) is 7.13. The summed E-state index contributed by atoms with van der Waals surface area (Å²) in [6, 6.07) is 5.54. The second-order valence-corrected chi connectivity index (χ2v) is 6.17. The van der Waals surface area contributed by atoms with Crippen molar-refractivity contribution in [1.29, 1.82) is 0 Å². The molecule has 1 aromatic rings. The van der Waals surface area contributed by atoms with E-state index in [0.29, 0.717) is 12.2 Å². The standard InChI is InChI=1S/C16H24F3NO/c1-5-12-13(15(2,3)4)7-6-8-14(12)21-10-11(9-20)16(17,18)19/h6-8,11H,5,9-10,20H2,1-4H3. The summed E-state index contributed by atoms with van der Waals surface area (Å²) < 4.78 is 43.6. The maximum absolute atomic E-state index is 12.7. The van der Waals surface area contributed by atoms with Crippen LogP contribution in [-0.4, -0.2) is 19.3 Å². The number of rotatable bonds is 5. The molecule has 5 heteroatoms. The van der Waals surface area contributed by atoms with Crippen molar-refractivity contribution in [2.75, 3.05) is 13.2 Å². The van der Waals surface area contributed by atoms with Crippen LogP contribution in [0.3, 0.4) is 0 Å². The maximum Gasteiger partial charge on any atom is 0.396 e. The lowest BCUT2D eigenvalue weighted by Crippen LogP contribution is -2.35. The summed E-state index contributed by atoms with van der Waals surface area (Å²) in [4.78, 5) is 0. The van der Waals surface area contributed by atoms with E-state index in [9.17, 15) is 13.2 Å². The van der Waals surface area contributed by atoms with Crippen molar-refractivity contribution in [3.8, 4) is 5.75 Å². The van der Waals surface area contributed by atoms with Gasteiger partial charge in [0.25, 0.3) is 0 Å². The second-order valence-electron chi connectivity index (χ2n) is 6.17. The van der Waals surface area contributed by atoms with E-state index in [0.717, 1.165) is 11.1 Å². The van der Waals surface area contributed by atoms with E-state index in [1.807, 2.05) is 19.1 Å². The highest BCUT2D eigenvalue weighted by atomic mass is 19.4. The van der Waals surface area contributed by atoms with Crippen molar-refractivity contribution in [1.82, 2.24) is 0 Å². The van der Waals surface area contributed by atoms with Crippen LogP contribution < -0.4 is 10.5 Å². The van der Waals surface area contributed by atoms with E-state index in [4.69, 9.17) is 10.5 Å². The third kappa shape index (κ3) is 4.63. The number of halogens is 3. The molecule has 1 atom stereocenters. The van der Waals surface area contributed by atoms with Gasteiger partial charge in [-0.3, -0.25) is 0 Å². The third-order valence-electron chi connectivity index (χ3n) is 3.48. The highest BCUT2D eigenvalue weighted by Crippen LogP contribution is 2.33. The molecule has 0 saturated carbocycles. The molecule has 21 heavy (non-hydrogen) atoms. The van der Waals surface area contributed by atoms with E-state index < -0.39 is 25.2 Å². The molecule has 0 fully saturated rings. The lowest BCUT2D eigenvalue weighted by atomic mass is 9.83. The number of hydrogen-bond donors (Lipinski definition) is 1. The summed E-state index contributed by atoms with van der Waals surface area (Å²) in [5.41, 5.74) is 7.17. The fourth-order valence-electron chi connectivity index (χ4n) is 2.25. The summed E-state index contributed by atoms with van der Waals surface area (Å²) in [6.07, 6.45) is -3.62. The monoisotopic (exact) mass is 303 g/mol. The molecule has 0 aromatic heterocycles. The highest BCUT2D eigenvalue weighted by Gasteiger charge is 2.39. The molecular weight excluding hydrogens is 279 g/mol. The molecule has 0 aliphatic heterocycles. The Balaban J connectivity index is 2.99. The van der Waals surface area contributed by atoms with Crippen molar-refractivity contribution in [2.24, 2.45) is 11.7 Å². The summed E-state index contributed by atoms with van der Waals surface area (Å²) in [5, 5.41) is 0.